The van der Waals surface area contributed by atoms with Gasteiger partial charge in [0.05, 0.1) is 16.9 Å². The molecular weight excluding hydrogens is 236 g/mol. The van der Waals surface area contributed by atoms with E-state index in [1.165, 1.54) is 0 Å². The van der Waals surface area contributed by atoms with Gasteiger partial charge in [0.2, 0.25) is 0 Å². The second kappa shape index (κ2) is 5.67. The minimum atomic E-state index is -0.276. The second-order valence-corrected chi connectivity index (χ2v) is 5.74. The fraction of sp³-hybridized carbons (Fsp3) is 0.692. The van der Waals surface area contributed by atoms with Crippen LogP contribution in [0.5, 0.6) is 0 Å². The summed E-state index contributed by atoms with van der Waals surface area (Å²) in [7, 11) is 0. The first-order chi connectivity index (χ1) is 7.86. The van der Waals surface area contributed by atoms with E-state index < -0.39 is 0 Å². The lowest BCUT2D eigenvalue weighted by atomic mass is 9.88. The first kappa shape index (κ1) is 14.2. The molecule has 0 saturated carbocycles. The van der Waals surface area contributed by atoms with Crippen LogP contribution in [0.3, 0.4) is 0 Å². The van der Waals surface area contributed by atoms with Gasteiger partial charge in [-0.2, -0.15) is 5.10 Å². The predicted octanol–water partition coefficient (Wildman–Crippen LogP) is 3.49. The highest BCUT2D eigenvalue weighted by atomic mass is 35.5. The molecule has 0 N–H and O–H groups in total. The van der Waals surface area contributed by atoms with Gasteiger partial charge in [0.25, 0.3) is 0 Å². The molecule has 1 aromatic heterocycles. The van der Waals surface area contributed by atoms with Crippen molar-refractivity contribution < 1.29 is 4.79 Å². The molecule has 0 amide bonds. The Bertz CT molecular complexity index is 391. The number of aromatic nitrogens is 2. The van der Waals surface area contributed by atoms with E-state index in [2.05, 4.69) is 12.0 Å². The highest BCUT2D eigenvalue weighted by Crippen LogP contribution is 2.21. The summed E-state index contributed by atoms with van der Waals surface area (Å²) in [6.45, 7) is 8.78. The van der Waals surface area contributed by atoms with Crippen molar-refractivity contribution in [3.05, 3.63) is 16.9 Å². The Balaban J connectivity index is 2.69. The molecule has 0 saturated heterocycles. The molecule has 0 radical (unpaired) electrons. The number of aryl methyl sites for hydroxylation is 1. The van der Waals surface area contributed by atoms with Crippen LogP contribution in [0.4, 0.5) is 0 Å². The van der Waals surface area contributed by atoms with Gasteiger partial charge >= 0.3 is 0 Å². The summed E-state index contributed by atoms with van der Waals surface area (Å²) in [6, 6.07) is 0. The van der Waals surface area contributed by atoms with Crippen molar-refractivity contribution in [1.29, 1.82) is 0 Å². The van der Waals surface area contributed by atoms with Gasteiger partial charge in [0.1, 0.15) is 5.78 Å². The normalized spacial score (nSPS) is 11.8. The number of Topliss-reactive ketones (excluding diaryl/α,β-unsaturated/α-hetero) is 1. The second-order valence-electron chi connectivity index (χ2n) is 5.34. The van der Waals surface area contributed by atoms with Gasteiger partial charge in [-0.15, -0.1) is 0 Å². The molecule has 1 heterocycles. The van der Waals surface area contributed by atoms with Crippen LogP contribution in [0.25, 0.3) is 0 Å². The molecule has 1 aromatic rings. The maximum Gasteiger partial charge on any atom is 0.138 e. The lowest BCUT2D eigenvalue weighted by Crippen LogP contribution is -2.21. The van der Waals surface area contributed by atoms with Gasteiger partial charge in [-0.3, -0.25) is 9.48 Å². The standard InChI is InChI=1S/C13H21ClN2O/c1-5-8-16-11(10(14)9-15-16)6-7-12(17)13(2,3)4/h9H,5-8H2,1-4H3. The van der Waals surface area contributed by atoms with Crippen molar-refractivity contribution in [3.63, 3.8) is 0 Å². The molecule has 0 atom stereocenters. The van der Waals surface area contributed by atoms with E-state index in [0.29, 0.717) is 17.9 Å². The summed E-state index contributed by atoms with van der Waals surface area (Å²) in [5.41, 5.74) is 0.702. The minimum absolute atomic E-state index is 0.262. The lowest BCUT2D eigenvalue weighted by Gasteiger charge is -2.16. The maximum absolute atomic E-state index is 11.9. The summed E-state index contributed by atoms with van der Waals surface area (Å²) < 4.78 is 1.90. The van der Waals surface area contributed by atoms with E-state index in [4.69, 9.17) is 11.6 Å². The van der Waals surface area contributed by atoms with Crippen molar-refractivity contribution in [3.8, 4) is 0 Å². The summed E-state index contributed by atoms with van der Waals surface area (Å²) in [5.74, 6) is 0.262. The predicted molar refractivity (Wildman–Crippen MR) is 70.3 cm³/mol. The highest BCUT2D eigenvalue weighted by molar-refractivity contribution is 6.31. The van der Waals surface area contributed by atoms with Gasteiger partial charge < -0.3 is 0 Å². The average molecular weight is 257 g/mol. The molecular formula is C13H21ClN2O. The van der Waals surface area contributed by atoms with Crippen LogP contribution in [0.1, 0.15) is 46.2 Å². The fourth-order valence-corrected chi connectivity index (χ4v) is 1.88. The van der Waals surface area contributed by atoms with Crippen molar-refractivity contribution >= 4 is 17.4 Å². The summed E-state index contributed by atoms with van der Waals surface area (Å²) in [5, 5.41) is 4.89. The van der Waals surface area contributed by atoms with Crippen molar-refractivity contribution in [2.24, 2.45) is 5.41 Å². The van der Waals surface area contributed by atoms with Crippen molar-refractivity contribution in [2.45, 2.75) is 53.5 Å². The summed E-state index contributed by atoms with van der Waals surface area (Å²) in [4.78, 5) is 11.9. The maximum atomic E-state index is 11.9. The first-order valence-electron chi connectivity index (χ1n) is 6.09. The minimum Gasteiger partial charge on any atom is -0.299 e. The molecule has 1 rings (SSSR count). The number of carbonyl (C=O) groups excluding carboxylic acids is 1. The molecule has 0 aliphatic rings. The number of halogens is 1. The zero-order valence-corrected chi connectivity index (χ0v) is 11.8. The highest BCUT2D eigenvalue weighted by Gasteiger charge is 2.21. The molecule has 4 heteroatoms. The number of nitrogens with zero attached hydrogens (tertiary/aromatic N) is 2. The average Bonchev–Trinajstić information content (AvgIpc) is 2.56. The Labute approximate surface area is 108 Å². The molecule has 0 aromatic carbocycles. The number of hydrogen-bond acceptors (Lipinski definition) is 2. The Hall–Kier alpha value is -0.830. The molecule has 0 bridgehead atoms. The number of ketones is 1. The van der Waals surface area contributed by atoms with Crippen LogP contribution in [0.2, 0.25) is 5.02 Å². The fourth-order valence-electron chi connectivity index (χ4n) is 1.65. The molecule has 0 fully saturated rings. The van der Waals surface area contributed by atoms with Gasteiger partial charge in [0.15, 0.2) is 0 Å². The summed E-state index contributed by atoms with van der Waals surface area (Å²) in [6.07, 6.45) is 3.87. The lowest BCUT2D eigenvalue weighted by molar-refractivity contribution is -0.126. The quantitative estimate of drug-likeness (QED) is 0.808. The van der Waals surface area contributed by atoms with Crippen LogP contribution < -0.4 is 0 Å². The van der Waals surface area contributed by atoms with Crippen LogP contribution in [-0.4, -0.2) is 15.6 Å². The monoisotopic (exact) mass is 256 g/mol. The smallest absolute Gasteiger partial charge is 0.138 e. The van der Waals surface area contributed by atoms with Crippen LogP contribution in [-0.2, 0) is 17.8 Å². The van der Waals surface area contributed by atoms with Crippen molar-refractivity contribution in [2.75, 3.05) is 0 Å². The van der Waals surface area contributed by atoms with Gasteiger partial charge in [0, 0.05) is 18.4 Å². The Kier molecular flexibility index (Phi) is 4.75. The third kappa shape index (κ3) is 3.84. The zero-order chi connectivity index (χ0) is 13.1. The van der Waals surface area contributed by atoms with E-state index in [1.54, 1.807) is 6.20 Å². The first-order valence-corrected chi connectivity index (χ1v) is 6.47. The van der Waals surface area contributed by atoms with Crippen LogP contribution >= 0.6 is 11.6 Å². The van der Waals surface area contributed by atoms with Crippen LogP contribution in [0, 0.1) is 5.41 Å². The van der Waals surface area contributed by atoms with Gasteiger partial charge in [-0.25, -0.2) is 0 Å². The third-order valence-corrected chi connectivity index (χ3v) is 3.07. The SMILES string of the molecule is CCCn1ncc(Cl)c1CCC(=O)C(C)(C)C. The summed E-state index contributed by atoms with van der Waals surface area (Å²) >= 11 is 6.08. The largest absolute Gasteiger partial charge is 0.299 e. The molecule has 0 spiro atoms. The Morgan fingerprint density at radius 2 is 2.12 bits per heavy atom. The van der Waals surface area contributed by atoms with Gasteiger partial charge in [-0.1, -0.05) is 39.3 Å². The van der Waals surface area contributed by atoms with Crippen LogP contribution in [0.15, 0.2) is 6.20 Å². The van der Waals surface area contributed by atoms with E-state index in [0.717, 1.165) is 18.7 Å². The van der Waals surface area contributed by atoms with Gasteiger partial charge in [-0.05, 0) is 12.8 Å². The van der Waals surface area contributed by atoms with Crippen molar-refractivity contribution in [1.82, 2.24) is 9.78 Å². The molecule has 17 heavy (non-hydrogen) atoms. The third-order valence-electron chi connectivity index (χ3n) is 2.76. The molecule has 3 nitrogen and oxygen atoms in total. The van der Waals surface area contributed by atoms with E-state index >= 15 is 0 Å². The number of carbonyl (C=O) groups is 1. The molecule has 0 unspecified atom stereocenters. The Morgan fingerprint density at radius 3 is 2.65 bits per heavy atom. The van der Waals surface area contributed by atoms with E-state index in [1.807, 2.05) is 25.5 Å². The topological polar surface area (TPSA) is 34.9 Å². The Morgan fingerprint density at radius 1 is 1.47 bits per heavy atom. The molecule has 0 aliphatic heterocycles. The zero-order valence-electron chi connectivity index (χ0n) is 11.1. The number of hydrogen-bond donors (Lipinski definition) is 0. The molecule has 96 valence electrons. The van der Waals surface area contributed by atoms with E-state index in [9.17, 15) is 4.79 Å². The number of rotatable bonds is 5. The molecule has 0 aliphatic carbocycles. The van der Waals surface area contributed by atoms with E-state index in [-0.39, 0.29) is 11.2 Å².